The zero-order valence-corrected chi connectivity index (χ0v) is 17.6. The molecule has 0 spiro atoms. The molecule has 2 amide bonds. The number of hydrogen-bond acceptors (Lipinski definition) is 5. The zero-order chi connectivity index (χ0) is 21.7. The van der Waals surface area contributed by atoms with Gasteiger partial charge in [-0.2, -0.15) is 0 Å². The van der Waals surface area contributed by atoms with Gasteiger partial charge in [-0.1, -0.05) is 11.6 Å². The third-order valence-electron chi connectivity index (χ3n) is 4.88. The average Bonchev–Trinajstić information content (AvgIpc) is 3.17. The standard InChI is InChI=1S/C22H23ClN2O5/c1-29-19-9-5-14(12-20(19)30-2)18(26)8-10-21(27)24-15-6-7-17(16(23)13-15)25-11-3-4-22(25)28/h5-7,9,12-13H,3-4,8,10-11H2,1-2H3,(H,24,27). The van der Waals surface area contributed by atoms with E-state index in [2.05, 4.69) is 5.32 Å². The predicted octanol–water partition coefficient (Wildman–Crippen LogP) is 4.09. The monoisotopic (exact) mass is 430 g/mol. The quantitative estimate of drug-likeness (QED) is 0.637. The van der Waals surface area contributed by atoms with Crippen molar-refractivity contribution in [1.82, 2.24) is 0 Å². The Morgan fingerprint density at radius 1 is 1.07 bits per heavy atom. The van der Waals surface area contributed by atoms with Crippen LogP contribution in [0.2, 0.25) is 5.02 Å². The molecular weight excluding hydrogens is 408 g/mol. The third-order valence-corrected chi connectivity index (χ3v) is 5.18. The van der Waals surface area contributed by atoms with Crippen LogP contribution in [0, 0.1) is 0 Å². The van der Waals surface area contributed by atoms with Gasteiger partial charge in [-0.3, -0.25) is 14.4 Å². The van der Waals surface area contributed by atoms with Crippen LogP contribution in [-0.4, -0.2) is 38.4 Å². The van der Waals surface area contributed by atoms with Gasteiger partial charge >= 0.3 is 0 Å². The summed E-state index contributed by atoms with van der Waals surface area (Å²) in [7, 11) is 3.01. The molecule has 1 heterocycles. The maximum absolute atomic E-state index is 12.4. The van der Waals surface area contributed by atoms with E-state index in [0.717, 1.165) is 6.42 Å². The first-order valence-corrected chi connectivity index (χ1v) is 9.95. The minimum atomic E-state index is -0.301. The second-order valence-electron chi connectivity index (χ2n) is 6.86. The van der Waals surface area contributed by atoms with Gasteiger partial charge in [-0.25, -0.2) is 0 Å². The number of anilines is 2. The second-order valence-corrected chi connectivity index (χ2v) is 7.26. The Kier molecular flexibility index (Phi) is 6.95. The first kappa shape index (κ1) is 21.6. The SMILES string of the molecule is COc1ccc(C(=O)CCC(=O)Nc2ccc(N3CCCC3=O)c(Cl)c2)cc1OC. The van der Waals surface area contributed by atoms with E-state index in [0.29, 0.717) is 46.4 Å². The van der Waals surface area contributed by atoms with E-state index in [1.54, 1.807) is 41.3 Å². The van der Waals surface area contributed by atoms with E-state index in [9.17, 15) is 14.4 Å². The fourth-order valence-corrected chi connectivity index (χ4v) is 3.59. The highest BCUT2D eigenvalue weighted by atomic mass is 35.5. The van der Waals surface area contributed by atoms with E-state index in [-0.39, 0.29) is 30.4 Å². The predicted molar refractivity (Wildman–Crippen MR) is 115 cm³/mol. The van der Waals surface area contributed by atoms with E-state index in [1.807, 2.05) is 0 Å². The summed E-state index contributed by atoms with van der Waals surface area (Å²) in [5, 5.41) is 3.13. The van der Waals surface area contributed by atoms with Crippen molar-refractivity contribution in [3.05, 3.63) is 47.0 Å². The minimum absolute atomic E-state index is 0.0250. The number of carbonyl (C=O) groups is 3. The molecule has 0 radical (unpaired) electrons. The average molecular weight is 431 g/mol. The van der Waals surface area contributed by atoms with Crippen molar-refractivity contribution >= 4 is 40.6 Å². The van der Waals surface area contributed by atoms with Crippen LogP contribution in [0.15, 0.2) is 36.4 Å². The summed E-state index contributed by atoms with van der Waals surface area (Å²) in [6.45, 7) is 0.641. The van der Waals surface area contributed by atoms with E-state index < -0.39 is 0 Å². The van der Waals surface area contributed by atoms with Crippen molar-refractivity contribution in [3.8, 4) is 11.5 Å². The summed E-state index contributed by atoms with van der Waals surface area (Å²) >= 11 is 6.30. The van der Waals surface area contributed by atoms with Crippen molar-refractivity contribution < 1.29 is 23.9 Å². The van der Waals surface area contributed by atoms with Crippen molar-refractivity contribution in [1.29, 1.82) is 0 Å². The molecule has 0 atom stereocenters. The summed E-state index contributed by atoms with van der Waals surface area (Å²) in [6, 6.07) is 9.91. The van der Waals surface area contributed by atoms with E-state index in [1.165, 1.54) is 14.2 Å². The molecule has 1 aliphatic rings. The van der Waals surface area contributed by atoms with E-state index >= 15 is 0 Å². The van der Waals surface area contributed by atoms with Gasteiger partial charge in [0, 0.05) is 37.1 Å². The number of halogens is 1. The van der Waals surface area contributed by atoms with Crippen LogP contribution >= 0.6 is 11.6 Å². The van der Waals surface area contributed by atoms with Gasteiger partial charge < -0.3 is 19.7 Å². The number of benzene rings is 2. The first-order chi connectivity index (χ1) is 14.4. The topological polar surface area (TPSA) is 84.9 Å². The summed E-state index contributed by atoms with van der Waals surface area (Å²) in [6.07, 6.45) is 1.40. The number of carbonyl (C=O) groups excluding carboxylic acids is 3. The van der Waals surface area contributed by atoms with Gasteiger partial charge in [0.05, 0.1) is 24.9 Å². The number of ketones is 1. The molecule has 2 aromatic rings. The maximum atomic E-state index is 12.4. The van der Waals surface area contributed by atoms with Crippen LogP contribution in [0.1, 0.15) is 36.0 Å². The second kappa shape index (κ2) is 9.63. The molecule has 1 fully saturated rings. The zero-order valence-electron chi connectivity index (χ0n) is 16.9. The molecular formula is C22H23ClN2O5. The van der Waals surface area contributed by atoms with Crippen LogP contribution in [0.25, 0.3) is 0 Å². The van der Waals surface area contributed by atoms with Crippen LogP contribution < -0.4 is 19.7 Å². The lowest BCUT2D eigenvalue weighted by Crippen LogP contribution is -2.24. The summed E-state index contributed by atoms with van der Waals surface area (Å²) in [5.74, 6) is 0.557. The number of rotatable bonds is 8. The van der Waals surface area contributed by atoms with Crippen molar-refractivity contribution in [2.45, 2.75) is 25.7 Å². The van der Waals surface area contributed by atoms with Gasteiger partial charge in [0.2, 0.25) is 11.8 Å². The minimum Gasteiger partial charge on any atom is -0.493 e. The number of nitrogens with one attached hydrogen (secondary N) is 1. The molecule has 1 aliphatic heterocycles. The molecule has 7 nitrogen and oxygen atoms in total. The fraction of sp³-hybridized carbons (Fsp3) is 0.318. The highest BCUT2D eigenvalue weighted by Crippen LogP contribution is 2.32. The fourth-order valence-electron chi connectivity index (χ4n) is 3.31. The Hall–Kier alpha value is -3.06. The third kappa shape index (κ3) is 4.91. The van der Waals surface area contributed by atoms with Crippen molar-refractivity contribution in [3.63, 3.8) is 0 Å². The normalized spacial score (nSPS) is 13.3. The molecule has 3 rings (SSSR count). The summed E-state index contributed by atoms with van der Waals surface area (Å²) < 4.78 is 10.4. The highest BCUT2D eigenvalue weighted by Gasteiger charge is 2.23. The van der Waals surface area contributed by atoms with Crippen LogP contribution in [0.5, 0.6) is 11.5 Å². The lowest BCUT2D eigenvalue weighted by molar-refractivity contribution is -0.117. The molecule has 0 aliphatic carbocycles. The van der Waals surface area contributed by atoms with Gasteiger partial charge in [0.1, 0.15) is 0 Å². The number of ether oxygens (including phenoxy) is 2. The number of nitrogens with zero attached hydrogens (tertiary/aromatic N) is 1. The van der Waals surface area contributed by atoms with Gasteiger partial charge in [0.25, 0.3) is 0 Å². The molecule has 8 heteroatoms. The molecule has 2 aromatic carbocycles. The van der Waals surface area contributed by atoms with Crippen LogP contribution in [-0.2, 0) is 9.59 Å². The molecule has 30 heavy (non-hydrogen) atoms. The molecule has 1 saturated heterocycles. The molecule has 158 valence electrons. The number of hydrogen-bond donors (Lipinski definition) is 1. The van der Waals surface area contributed by atoms with Gasteiger partial charge in [-0.05, 0) is 42.8 Å². The smallest absolute Gasteiger partial charge is 0.227 e. The molecule has 0 bridgehead atoms. The van der Waals surface area contributed by atoms with Crippen LogP contribution in [0.3, 0.4) is 0 Å². The lowest BCUT2D eigenvalue weighted by Gasteiger charge is -2.18. The van der Waals surface area contributed by atoms with Gasteiger partial charge in [-0.15, -0.1) is 0 Å². The van der Waals surface area contributed by atoms with Crippen molar-refractivity contribution in [2.75, 3.05) is 31.0 Å². The lowest BCUT2D eigenvalue weighted by atomic mass is 10.1. The number of amides is 2. The molecule has 0 aromatic heterocycles. The molecule has 0 saturated carbocycles. The largest absolute Gasteiger partial charge is 0.493 e. The first-order valence-electron chi connectivity index (χ1n) is 9.58. The highest BCUT2D eigenvalue weighted by molar-refractivity contribution is 6.34. The van der Waals surface area contributed by atoms with E-state index in [4.69, 9.17) is 21.1 Å². The molecule has 0 unspecified atom stereocenters. The number of methoxy groups -OCH3 is 2. The number of Topliss-reactive ketones (excluding diaryl/α,β-unsaturated/α-hetero) is 1. The Morgan fingerprint density at radius 3 is 2.47 bits per heavy atom. The molecule has 1 N–H and O–H groups in total. The Morgan fingerprint density at radius 2 is 1.83 bits per heavy atom. The Balaban J connectivity index is 1.57. The van der Waals surface area contributed by atoms with Crippen LogP contribution in [0.4, 0.5) is 11.4 Å². The summed E-state index contributed by atoms with van der Waals surface area (Å²) in [4.78, 5) is 38.2. The van der Waals surface area contributed by atoms with Gasteiger partial charge in [0.15, 0.2) is 17.3 Å². The Labute approximate surface area is 179 Å². The Bertz CT molecular complexity index is 976. The maximum Gasteiger partial charge on any atom is 0.227 e. The summed E-state index contributed by atoms with van der Waals surface area (Å²) in [5.41, 5.74) is 1.60. The van der Waals surface area contributed by atoms with Crippen molar-refractivity contribution in [2.24, 2.45) is 0 Å².